The number of hydrogen-bond acceptors (Lipinski definition) is 8. The van der Waals surface area contributed by atoms with E-state index in [4.69, 9.17) is 29.1 Å². The summed E-state index contributed by atoms with van der Waals surface area (Å²) in [7, 11) is 1.61. The molecule has 220 valence electrons. The molecule has 0 amide bonds. The van der Waals surface area contributed by atoms with Crippen LogP contribution in [0.3, 0.4) is 0 Å². The van der Waals surface area contributed by atoms with Crippen molar-refractivity contribution in [2.75, 3.05) is 53.3 Å². The lowest BCUT2D eigenvalue weighted by Gasteiger charge is -2.24. The summed E-state index contributed by atoms with van der Waals surface area (Å²) in [5.41, 5.74) is 1.10. The zero-order valence-electron chi connectivity index (χ0n) is 24.3. The molecule has 0 radical (unpaired) electrons. The maximum absolute atomic E-state index is 15.4. The Morgan fingerprint density at radius 2 is 1.75 bits per heavy atom. The van der Waals surface area contributed by atoms with E-state index in [2.05, 4.69) is 0 Å². The molecular formula is C30H41FN2O7. The summed E-state index contributed by atoms with van der Waals surface area (Å²) in [5.74, 6) is -0.595. The molecule has 1 heterocycles. The molecule has 0 saturated heterocycles. The third-order valence-corrected chi connectivity index (χ3v) is 6.43. The van der Waals surface area contributed by atoms with Gasteiger partial charge in [0.05, 0.1) is 45.1 Å². The number of aromatic hydroxyl groups is 1. The van der Waals surface area contributed by atoms with E-state index in [1.54, 1.807) is 33.1 Å². The molecule has 40 heavy (non-hydrogen) atoms. The van der Waals surface area contributed by atoms with Gasteiger partial charge in [-0.1, -0.05) is 20.8 Å². The molecule has 0 unspecified atom stereocenters. The lowest BCUT2D eigenvalue weighted by Crippen LogP contribution is -2.30. The van der Waals surface area contributed by atoms with Gasteiger partial charge < -0.3 is 33.7 Å². The van der Waals surface area contributed by atoms with Crippen molar-refractivity contribution in [2.24, 2.45) is 0 Å². The van der Waals surface area contributed by atoms with E-state index in [1.807, 2.05) is 20.8 Å². The minimum absolute atomic E-state index is 0.0142. The fourth-order valence-corrected chi connectivity index (χ4v) is 4.46. The third-order valence-electron chi connectivity index (χ3n) is 6.43. The summed E-state index contributed by atoms with van der Waals surface area (Å²) in [5, 5.41) is 19.6. The molecule has 0 saturated carbocycles. The zero-order chi connectivity index (χ0) is 29.4. The number of phenolic OH excluding ortho intramolecular Hbond substituents is 1. The number of Topliss-reactive ketones (excluding diaryl/α,β-unsaturated/α-hetero) is 1. The van der Waals surface area contributed by atoms with Crippen LogP contribution in [0.4, 0.5) is 4.39 Å². The largest absolute Gasteiger partial charge is 0.504 e. The minimum Gasteiger partial charge on any atom is -0.504 e. The van der Waals surface area contributed by atoms with Crippen LogP contribution in [0, 0.1) is 11.2 Å². The Kier molecular flexibility index (Phi) is 10.8. The highest BCUT2D eigenvalue weighted by molar-refractivity contribution is 6.06. The van der Waals surface area contributed by atoms with Gasteiger partial charge in [0.2, 0.25) is 0 Å². The number of halogens is 1. The first-order valence-corrected chi connectivity index (χ1v) is 13.6. The number of benzene rings is 2. The monoisotopic (exact) mass is 560 g/mol. The number of ketones is 1. The maximum atomic E-state index is 15.4. The van der Waals surface area contributed by atoms with Crippen molar-refractivity contribution in [1.82, 2.24) is 4.90 Å². The highest BCUT2D eigenvalue weighted by Crippen LogP contribution is 2.41. The van der Waals surface area contributed by atoms with E-state index in [-0.39, 0.29) is 66.5 Å². The summed E-state index contributed by atoms with van der Waals surface area (Å²) >= 11 is 0. The Hall–Kier alpha value is -3.37. The number of amidine groups is 1. The van der Waals surface area contributed by atoms with E-state index < -0.39 is 11.2 Å². The Balaban J connectivity index is 1.80. The van der Waals surface area contributed by atoms with Crippen LogP contribution in [0.15, 0.2) is 18.2 Å². The van der Waals surface area contributed by atoms with Crippen molar-refractivity contribution in [3.05, 3.63) is 46.3 Å². The number of carbonyl (C=O) groups excluding carboxylic acids is 1. The lowest BCUT2D eigenvalue weighted by molar-refractivity contribution is 0.0642. The van der Waals surface area contributed by atoms with Crippen molar-refractivity contribution in [1.29, 1.82) is 5.41 Å². The topological polar surface area (TPSA) is 111 Å². The molecule has 2 aromatic rings. The molecule has 2 aromatic carbocycles. The van der Waals surface area contributed by atoms with Crippen LogP contribution in [-0.4, -0.2) is 74.9 Å². The number of rotatable bonds is 15. The molecule has 0 atom stereocenters. The van der Waals surface area contributed by atoms with E-state index in [0.717, 1.165) is 0 Å². The van der Waals surface area contributed by atoms with Gasteiger partial charge >= 0.3 is 0 Å². The lowest BCUT2D eigenvalue weighted by atomic mass is 9.84. The molecule has 0 fully saturated rings. The number of ether oxygens (including phenoxy) is 5. The van der Waals surface area contributed by atoms with Crippen LogP contribution in [0.2, 0.25) is 0 Å². The Labute approximate surface area is 235 Å². The molecule has 10 heteroatoms. The first kappa shape index (κ1) is 31.2. The summed E-state index contributed by atoms with van der Waals surface area (Å²) in [4.78, 5) is 15.0. The highest BCUT2D eigenvalue weighted by atomic mass is 19.1. The highest BCUT2D eigenvalue weighted by Gasteiger charge is 2.33. The predicted molar refractivity (Wildman–Crippen MR) is 150 cm³/mol. The average molecular weight is 561 g/mol. The van der Waals surface area contributed by atoms with Crippen molar-refractivity contribution >= 4 is 11.6 Å². The molecule has 0 spiro atoms. The number of phenols is 1. The minimum atomic E-state index is -0.663. The summed E-state index contributed by atoms with van der Waals surface area (Å²) in [6.07, 6.45) is 0.592. The first-order chi connectivity index (χ1) is 19.0. The van der Waals surface area contributed by atoms with Gasteiger partial charge in [0.25, 0.3) is 0 Å². The summed E-state index contributed by atoms with van der Waals surface area (Å²) < 4.78 is 42.7. The van der Waals surface area contributed by atoms with Crippen LogP contribution in [-0.2, 0) is 21.4 Å². The van der Waals surface area contributed by atoms with Crippen LogP contribution in [0.25, 0.3) is 0 Å². The molecule has 2 N–H and O–H groups in total. The Morgan fingerprint density at radius 1 is 1.02 bits per heavy atom. The smallest absolute Gasteiger partial charge is 0.197 e. The van der Waals surface area contributed by atoms with Gasteiger partial charge in [0, 0.05) is 37.8 Å². The number of carbonyl (C=O) groups is 1. The van der Waals surface area contributed by atoms with Crippen LogP contribution in [0.5, 0.6) is 23.0 Å². The van der Waals surface area contributed by atoms with Gasteiger partial charge in [0.1, 0.15) is 5.84 Å². The normalized spacial score (nSPS) is 13.0. The van der Waals surface area contributed by atoms with E-state index in [0.29, 0.717) is 49.5 Å². The predicted octanol–water partition coefficient (Wildman–Crippen LogP) is 5.08. The molecule has 0 bridgehead atoms. The van der Waals surface area contributed by atoms with E-state index in [9.17, 15) is 9.90 Å². The summed E-state index contributed by atoms with van der Waals surface area (Å²) in [6, 6.07) is 4.85. The quantitative estimate of drug-likeness (QED) is 0.229. The fourth-order valence-electron chi connectivity index (χ4n) is 4.46. The molecular weight excluding hydrogens is 519 g/mol. The van der Waals surface area contributed by atoms with Gasteiger partial charge in [-0.25, -0.2) is 4.39 Å². The number of methoxy groups -OCH3 is 1. The number of nitrogens with zero attached hydrogens (tertiary/aromatic N) is 1. The molecule has 1 aliphatic heterocycles. The van der Waals surface area contributed by atoms with Crippen LogP contribution >= 0.6 is 0 Å². The van der Waals surface area contributed by atoms with E-state index >= 15 is 4.39 Å². The van der Waals surface area contributed by atoms with Gasteiger partial charge in [0.15, 0.2) is 34.6 Å². The Morgan fingerprint density at radius 3 is 2.40 bits per heavy atom. The first-order valence-electron chi connectivity index (χ1n) is 13.6. The number of nitrogens with one attached hydrogen (secondary N) is 1. The Bertz CT molecular complexity index is 1210. The van der Waals surface area contributed by atoms with Crippen molar-refractivity contribution < 1.29 is 38.0 Å². The van der Waals surface area contributed by atoms with Crippen molar-refractivity contribution in [3.8, 4) is 23.0 Å². The number of hydrogen-bond donors (Lipinski definition) is 2. The molecule has 9 nitrogen and oxygen atoms in total. The van der Waals surface area contributed by atoms with Gasteiger partial charge in [-0.3, -0.25) is 10.2 Å². The van der Waals surface area contributed by atoms with Crippen molar-refractivity contribution in [3.63, 3.8) is 0 Å². The second-order valence-corrected chi connectivity index (χ2v) is 10.5. The average Bonchev–Trinajstić information content (AvgIpc) is 3.20. The number of fused-ring (bicyclic) bond motifs is 1. The third kappa shape index (κ3) is 7.22. The second-order valence-electron chi connectivity index (χ2n) is 10.5. The van der Waals surface area contributed by atoms with Crippen molar-refractivity contribution in [2.45, 2.75) is 53.0 Å². The van der Waals surface area contributed by atoms with Crippen LogP contribution in [0.1, 0.15) is 68.1 Å². The van der Waals surface area contributed by atoms with Crippen LogP contribution < -0.4 is 14.2 Å². The fraction of sp³-hybridized carbons (Fsp3) is 0.533. The van der Waals surface area contributed by atoms with Gasteiger partial charge in [-0.2, -0.15) is 0 Å². The molecule has 3 rings (SSSR count). The zero-order valence-corrected chi connectivity index (χ0v) is 24.3. The van der Waals surface area contributed by atoms with Gasteiger partial charge in [-0.15, -0.1) is 0 Å². The molecule has 1 aliphatic rings. The summed E-state index contributed by atoms with van der Waals surface area (Å²) in [6.45, 7) is 11.7. The standard InChI is InChI=1S/C30H41FN2O7/c1-7-38-24-16-20-17-33(29(32)25(20)26(31)28(24)39-8-2)18-22(34)19-14-21(30(3,4)5)27(35)23(15-19)40-11-9-10-37-13-12-36-6/h14-16,32,35H,7-13,17-18H2,1-6H3. The molecule has 0 aliphatic carbocycles. The van der Waals surface area contributed by atoms with E-state index in [1.165, 1.54) is 11.0 Å². The second kappa shape index (κ2) is 13.8. The molecule has 0 aromatic heterocycles. The maximum Gasteiger partial charge on any atom is 0.197 e. The van der Waals surface area contributed by atoms with Gasteiger partial charge in [-0.05, 0) is 43.0 Å². The SMILES string of the molecule is CCOc1cc2c(c(F)c1OCC)C(=N)N(CC(=O)c1cc(OCCCOCCOC)c(O)c(C(C)(C)C)c1)C2.